The Kier molecular flexibility index (Phi) is 5.06. The molecular weight excluding hydrogens is 204 g/mol. The Morgan fingerprint density at radius 3 is 2.38 bits per heavy atom. The Bertz CT molecular complexity index is 225. The zero-order valence-corrected chi connectivity index (χ0v) is 10.9. The first-order valence-corrected chi connectivity index (χ1v) is 6.12. The fourth-order valence-corrected chi connectivity index (χ4v) is 2.01. The molecule has 1 rings (SSSR count). The van der Waals surface area contributed by atoms with Crippen LogP contribution in [0.3, 0.4) is 0 Å². The Balaban J connectivity index is 2.45. The monoisotopic (exact) mass is 228 g/mol. The molecule has 1 saturated heterocycles. The zero-order valence-electron chi connectivity index (χ0n) is 10.9. The van der Waals surface area contributed by atoms with E-state index in [1.54, 1.807) is 0 Å². The number of urea groups is 1. The minimum absolute atomic E-state index is 0.136. The van der Waals surface area contributed by atoms with Crippen molar-refractivity contribution in [1.82, 2.24) is 9.80 Å². The lowest BCUT2D eigenvalue weighted by Gasteiger charge is -2.34. The van der Waals surface area contributed by atoms with Crippen LogP contribution >= 0.6 is 0 Å². The van der Waals surface area contributed by atoms with E-state index in [-0.39, 0.29) is 6.03 Å². The van der Waals surface area contributed by atoms with E-state index in [9.17, 15) is 4.79 Å². The highest BCUT2D eigenvalue weighted by atomic mass is 16.5. The van der Waals surface area contributed by atoms with Crippen molar-refractivity contribution in [2.24, 2.45) is 5.92 Å². The van der Waals surface area contributed by atoms with Gasteiger partial charge in [0.05, 0.1) is 13.2 Å². The molecule has 0 spiro atoms. The molecule has 0 radical (unpaired) electrons. The lowest BCUT2D eigenvalue weighted by atomic mass is 10.0. The van der Waals surface area contributed by atoms with Crippen LogP contribution in [0.25, 0.3) is 0 Å². The van der Waals surface area contributed by atoms with E-state index in [0.717, 1.165) is 19.5 Å². The summed E-state index contributed by atoms with van der Waals surface area (Å²) in [5, 5.41) is 0. The van der Waals surface area contributed by atoms with Gasteiger partial charge in [0.15, 0.2) is 0 Å². The predicted octanol–water partition coefficient (Wildman–Crippen LogP) is 1.81. The SMILES string of the molecule is CC(C)CC(C)N(C)C(=O)N1CCOCC1. The Morgan fingerprint density at radius 2 is 1.88 bits per heavy atom. The van der Waals surface area contributed by atoms with Gasteiger partial charge in [0, 0.05) is 26.2 Å². The molecule has 0 aromatic carbocycles. The highest BCUT2D eigenvalue weighted by Crippen LogP contribution is 2.12. The number of hydrogen-bond donors (Lipinski definition) is 0. The van der Waals surface area contributed by atoms with E-state index in [4.69, 9.17) is 4.74 Å². The summed E-state index contributed by atoms with van der Waals surface area (Å²) < 4.78 is 5.24. The highest BCUT2D eigenvalue weighted by Gasteiger charge is 2.23. The van der Waals surface area contributed by atoms with Crippen LogP contribution in [0.4, 0.5) is 4.79 Å². The van der Waals surface area contributed by atoms with Gasteiger partial charge in [-0.25, -0.2) is 4.79 Å². The summed E-state index contributed by atoms with van der Waals surface area (Å²) in [6.45, 7) is 9.25. The molecule has 1 atom stereocenters. The van der Waals surface area contributed by atoms with Gasteiger partial charge in [-0.2, -0.15) is 0 Å². The number of ether oxygens (including phenoxy) is 1. The Morgan fingerprint density at radius 1 is 1.31 bits per heavy atom. The molecule has 1 unspecified atom stereocenters. The topological polar surface area (TPSA) is 32.8 Å². The predicted molar refractivity (Wildman–Crippen MR) is 64.5 cm³/mol. The van der Waals surface area contributed by atoms with Gasteiger partial charge in [0.2, 0.25) is 0 Å². The Labute approximate surface area is 98.5 Å². The summed E-state index contributed by atoms with van der Waals surface area (Å²) in [6, 6.07) is 0.437. The van der Waals surface area contributed by atoms with Crippen molar-refractivity contribution in [3.63, 3.8) is 0 Å². The maximum absolute atomic E-state index is 12.1. The number of nitrogens with zero attached hydrogens (tertiary/aromatic N) is 2. The number of rotatable bonds is 3. The van der Waals surface area contributed by atoms with Crippen molar-refractivity contribution in [2.45, 2.75) is 33.2 Å². The van der Waals surface area contributed by atoms with Gasteiger partial charge in [-0.3, -0.25) is 0 Å². The lowest BCUT2D eigenvalue weighted by Crippen LogP contribution is -2.49. The quantitative estimate of drug-likeness (QED) is 0.738. The van der Waals surface area contributed by atoms with Gasteiger partial charge in [0.1, 0.15) is 0 Å². The number of hydrogen-bond acceptors (Lipinski definition) is 2. The van der Waals surface area contributed by atoms with Gasteiger partial charge in [-0.1, -0.05) is 13.8 Å². The van der Waals surface area contributed by atoms with Crippen molar-refractivity contribution in [3.05, 3.63) is 0 Å². The molecule has 0 aromatic heterocycles. The van der Waals surface area contributed by atoms with Crippen molar-refractivity contribution >= 4 is 6.03 Å². The number of amides is 2. The van der Waals surface area contributed by atoms with Gasteiger partial charge in [-0.15, -0.1) is 0 Å². The van der Waals surface area contributed by atoms with Crippen molar-refractivity contribution in [2.75, 3.05) is 33.4 Å². The van der Waals surface area contributed by atoms with Crippen LogP contribution in [-0.2, 0) is 4.74 Å². The van der Waals surface area contributed by atoms with Crippen LogP contribution in [-0.4, -0.2) is 55.2 Å². The van der Waals surface area contributed by atoms with E-state index in [1.807, 2.05) is 16.8 Å². The summed E-state index contributed by atoms with van der Waals surface area (Å²) in [7, 11) is 1.89. The molecule has 0 N–H and O–H groups in total. The van der Waals surface area contributed by atoms with E-state index >= 15 is 0 Å². The first-order chi connectivity index (χ1) is 7.52. The first-order valence-electron chi connectivity index (χ1n) is 6.12. The summed E-state index contributed by atoms with van der Waals surface area (Å²) in [4.78, 5) is 15.8. The van der Waals surface area contributed by atoms with Crippen LogP contribution in [0.5, 0.6) is 0 Å². The van der Waals surface area contributed by atoms with Crippen LogP contribution in [0.2, 0.25) is 0 Å². The van der Waals surface area contributed by atoms with Gasteiger partial charge >= 0.3 is 6.03 Å². The largest absolute Gasteiger partial charge is 0.378 e. The molecule has 94 valence electrons. The molecule has 1 fully saturated rings. The van der Waals surface area contributed by atoms with E-state index in [2.05, 4.69) is 20.8 Å². The first kappa shape index (κ1) is 13.3. The summed E-state index contributed by atoms with van der Waals surface area (Å²) in [5.74, 6) is 0.620. The molecule has 4 nitrogen and oxygen atoms in total. The number of carbonyl (C=O) groups excluding carboxylic acids is 1. The molecule has 0 aromatic rings. The maximum atomic E-state index is 12.1. The maximum Gasteiger partial charge on any atom is 0.320 e. The van der Waals surface area contributed by atoms with Crippen LogP contribution in [0, 0.1) is 5.92 Å². The van der Waals surface area contributed by atoms with E-state index in [1.165, 1.54) is 0 Å². The number of morpholine rings is 1. The summed E-state index contributed by atoms with van der Waals surface area (Å²) in [5.41, 5.74) is 0. The molecule has 1 aliphatic rings. The highest BCUT2D eigenvalue weighted by molar-refractivity contribution is 5.74. The van der Waals surface area contributed by atoms with Crippen molar-refractivity contribution < 1.29 is 9.53 Å². The molecular formula is C12H24N2O2. The van der Waals surface area contributed by atoms with Gasteiger partial charge < -0.3 is 14.5 Å². The van der Waals surface area contributed by atoms with Crippen LogP contribution in [0.1, 0.15) is 27.2 Å². The minimum atomic E-state index is 0.136. The molecule has 1 aliphatic heterocycles. The molecule has 0 aliphatic carbocycles. The molecule has 0 bridgehead atoms. The average molecular weight is 228 g/mol. The second-order valence-electron chi connectivity index (χ2n) is 4.97. The third-order valence-corrected chi connectivity index (χ3v) is 3.06. The average Bonchev–Trinajstić information content (AvgIpc) is 2.27. The lowest BCUT2D eigenvalue weighted by molar-refractivity contribution is 0.0419. The van der Waals surface area contributed by atoms with Crippen LogP contribution < -0.4 is 0 Å². The smallest absolute Gasteiger partial charge is 0.320 e. The van der Waals surface area contributed by atoms with Gasteiger partial charge in [0.25, 0.3) is 0 Å². The zero-order chi connectivity index (χ0) is 12.1. The standard InChI is InChI=1S/C12H24N2O2/c1-10(2)9-11(3)13(4)12(15)14-5-7-16-8-6-14/h10-11H,5-9H2,1-4H3. The second kappa shape index (κ2) is 6.09. The van der Waals surface area contributed by atoms with E-state index < -0.39 is 0 Å². The molecule has 2 amide bonds. The minimum Gasteiger partial charge on any atom is -0.378 e. The third-order valence-electron chi connectivity index (χ3n) is 3.06. The summed E-state index contributed by atoms with van der Waals surface area (Å²) >= 11 is 0. The molecule has 16 heavy (non-hydrogen) atoms. The Hall–Kier alpha value is -0.770. The van der Waals surface area contributed by atoms with Crippen molar-refractivity contribution in [3.8, 4) is 0 Å². The van der Waals surface area contributed by atoms with Crippen LogP contribution in [0.15, 0.2) is 0 Å². The molecule has 1 heterocycles. The fraction of sp³-hybridized carbons (Fsp3) is 0.917. The second-order valence-corrected chi connectivity index (χ2v) is 4.97. The van der Waals surface area contributed by atoms with E-state index in [0.29, 0.717) is 25.2 Å². The normalized spacial score (nSPS) is 18.7. The van der Waals surface area contributed by atoms with Gasteiger partial charge in [-0.05, 0) is 19.3 Å². The summed E-state index contributed by atoms with van der Waals surface area (Å²) in [6.07, 6.45) is 1.05. The molecule has 0 saturated carbocycles. The third kappa shape index (κ3) is 3.67. The molecule has 4 heteroatoms. The van der Waals surface area contributed by atoms with Crippen molar-refractivity contribution in [1.29, 1.82) is 0 Å². The number of carbonyl (C=O) groups is 1. The fourth-order valence-electron chi connectivity index (χ4n) is 2.01.